The number of ether oxygens (including phenoxy) is 1. The number of halogens is 6. The second kappa shape index (κ2) is 5.67. The van der Waals surface area contributed by atoms with Gasteiger partial charge in [-0.25, -0.2) is 14.1 Å². The van der Waals surface area contributed by atoms with Crippen molar-refractivity contribution in [3.05, 3.63) is 27.1 Å². The summed E-state index contributed by atoms with van der Waals surface area (Å²) in [7, 11) is 1.31. The quantitative estimate of drug-likeness (QED) is 0.837. The summed E-state index contributed by atoms with van der Waals surface area (Å²) in [5, 5.41) is 3.02. The summed E-state index contributed by atoms with van der Waals surface area (Å²) in [6.45, 7) is -3.10. The van der Waals surface area contributed by atoms with Gasteiger partial charge in [0, 0.05) is 13.2 Å². The molecule has 0 amide bonds. The molecule has 4 nitrogen and oxygen atoms in total. The van der Waals surface area contributed by atoms with Gasteiger partial charge in [-0.3, -0.25) is 0 Å². The fourth-order valence-electron chi connectivity index (χ4n) is 1.45. The molecular formula is C10H5Cl3F3N3O. The topological polar surface area (TPSA) is 39.9 Å². The first-order valence-corrected chi connectivity index (χ1v) is 6.13. The number of aryl methyl sites for hydroxylation is 1. The highest BCUT2D eigenvalue weighted by atomic mass is 35.5. The molecule has 0 fully saturated rings. The van der Waals surface area contributed by atoms with Crippen LogP contribution in [0.2, 0.25) is 15.1 Å². The van der Waals surface area contributed by atoms with E-state index in [0.29, 0.717) is 0 Å². The van der Waals surface area contributed by atoms with Crippen molar-refractivity contribution in [2.45, 2.75) is 6.61 Å². The van der Waals surface area contributed by atoms with E-state index in [1.54, 1.807) is 0 Å². The molecule has 0 saturated heterocycles. The monoisotopic (exact) mass is 345 g/mol. The van der Waals surface area contributed by atoms with E-state index in [1.165, 1.54) is 7.05 Å². The van der Waals surface area contributed by atoms with Crippen molar-refractivity contribution in [2.75, 3.05) is 0 Å². The van der Waals surface area contributed by atoms with Crippen LogP contribution in [0.15, 0.2) is 6.20 Å². The van der Waals surface area contributed by atoms with Crippen LogP contribution in [-0.4, -0.2) is 21.4 Å². The fourth-order valence-corrected chi connectivity index (χ4v) is 2.02. The van der Waals surface area contributed by atoms with Gasteiger partial charge in [-0.1, -0.05) is 34.8 Å². The molecule has 2 aromatic heterocycles. The van der Waals surface area contributed by atoms with E-state index in [0.717, 1.165) is 10.9 Å². The number of pyridine rings is 1. The van der Waals surface area contributed by atoms with Crippen LogP contribution in [0.5, 0.6) is 5.88 Å². The SMILES string of the molecule is Cn1nc(-c2ncc(Cl)c(Cl)c2F)c(Cl)c1OC(F)F. The third-order valence-electron chi connectivity index (χ3n) is 2.28. The molecule has 0 bridgehead atoms. The number of nitrogens with zero attached hydrogens (tertiary/aromatic N) is 3. The third-order valence-corrected chi connectivity index (χ3v) is 3.38. The summed E-state index contributed by atoms with van der Waals surface area (Å²) < 4.78 is 43.6. The lowest BCUT2D eigenvalue weighted by Crippen LogP contribution is -2.06. The first kappa shape index (κ1) is 15.2. The molecule has 0 spiro atoms. The average molecular weight is 347 g/mol. The number of aromatic nitrogens is 3. The van der Waals surface area contributed by atoms with Crippen molar-refractivity contribution < 1.29 is 17.9 Å². The molecular weight excluding hydrogens is 341 g/mol. The van der Waals surface area contributed by atoms with Crippen molar-refractivity contribution in [2.24, 2.45) is 7.05 Å². The summed E-state index contributed by atoms with van der Waals surface area (Å²) in [6, 6.07) is 0. The number of hydrogen-bond acceptors (Lipinski definition) is 3. The largest absolute Gasteiger partial charge is 0.416 e. The molecule has 0 aliphatic carbocycles. The number of hydrogen-bond donors (Lipinski definition) is 0. The molecule has 0 N–H and O–H groups in total. The molecule has 0 unspecified atom stereocenters. The Morgan fingerprint density at radius 3 is 2.45 bits per heavy atom. The molecule has 20 heavy (non-hydrogen) atoms. The van der Waals surface area contributed by atoms with Crippen LogP contribution < -0.4 is 4.74 Å². The predicted octanol–water partition coefficient (Wildman–Crippen LogP) is 4.18. The van der Waals surface area contributed by atoms with E-state index >= 15 is 0 Å². The lowest BCUT2D eigenvalue weighted by Gasteiger charge is -2.04. The molecule has 0 aromatic carbocycles. The zero-order valence-corrected chi connectivity index (χ0v) is 11.9. The number of alkyl halides is 2. The van der Waals surface area contributed by atoms with Crippen LogP contribution in [0.3, 0.4) is 0 Å². The van der Waals surface area contributed by atoms with Crippen molar-refractivity contribution in [3.63, 3.8) is 0 Å². The summed E-state index contributed by atoms with van der Waals surface area (Å²) in [4.78, 5) is 3.71. The summed E-state index contributed by atoms with van der Waals surface area (Å²) in [5.74, 6) is -1.37. The maximum Gasteiger partial charge on any atom is 0.388 e. The van der Waals surface area contributed by atoms with E-state index in [4.69, 9.17) is 34.8 Å². The van der Waals surface area contributed by atoms with Gasteiger partial charge in [0.1, 0.15) is 16.4 Å². The van der Waals surface area contributed by atoms with Crippen molar-refractivity contribution >= 4 is 34.8 Å². The minimum Gasteiger partial charge on any atom is -0.416 e. The molecule has 0 aliphatic heterocycles. The maximum atomic E-state index is 14.0. The summed E-state index contributed by atoms with van der Waals surface area (Å²) >= 11 is 17.1. The number of rotatable bonds is 3. The summed E-state index contributed by atoms with van der Waals surface area (Å²) in [6.07, 6.45) is 1.10. The molecule has 0 saturated carbocycles. The Morgan fingerprint density at radius 1 is 1.20 bits per heavy atom. The highest BCUT2D eigenvalue weighted by molar-refractivity contribution is 6.42. The van der Waals surface area contributed by atoms with E-state index in [2.05, 4.69) is 14.8 Å². The minimum absolute atomic E-state index is 0.0935. The van der Waals surface area contributed by atoms with Gasteiger partial charge in [0.05, 0.1) is 10.0 Å². The lowest BCUT2D eigenvalue weighted by molar-refractivity contribution is -0.0552. The van der Waals surface area contributed by atoms with Gasteiger partial charge in [-0.2, -0.15) is 13.9 Å². The van der Waals surface area contributed by atoms with E-state index < -0.39 is 18.3 Å². The lowest BCUT2D eigenvalue weighted by atomic mass is 10.2. The molecule has 0 aliphatic rings. The Labute approximate surface area is 126 Å². The second-order valence-electron chi connectivity index (χ2n) is 3.55. The van der Waals surface area contributed by atoms with Gasteiger partial charge in [-0.05, 0) is 0 Å². The van der Waals surface area contributed by atoms with Gasteiger partial charge in [-0.15, -0.1) is 0 Å². The predicted molar refractivity (Wildman–Crippen MR) is 68.1 cm³/mol. The van der Waals surface area contributed by atoms with Crippen molar-refractivity contribution in [3.8, 4) is 17.3 Å². The maximum absolute atomic E-state index is 14.0. The van der Waals surface area contributed by atoms with Gasteiger partial charge >= 0.3 is 6.61 Å². The molecule has 10 heteroatoms. The van der Waals surface area contributed by atoms with Gasteiger partial charge < -0.3 is 4.74 Å². The van der Waals surface area contributed by atoms with Crippen LogP contribution in [0.4, 0.5) is 13.2 Å². The highest BCUT2D eigenvalue weighted by Crippen LogP contribution is 2.38. The van der Waals surface area contributed by atoms with E-state index in [-0.39, 0.29) is 26.5 Å². The first-order valence-electron chi connectivity index (χ1n) is 5.00. The van der Waals surface area contributed by atoms with Crippen LogP contribution >= 0.6 is 34.8 Å². The first-order chi connectivity index (χ1) is 9.32. The molecule has 0 radical (unpaired) electrons. The smallest absolute Gasteiger partial charge is 0.388 e. The molecule has 2 heterocycles. The third kappa shape index (κ3) is 2.65. The van der Waals surface area contributed by atoms with Crippen molar-refractivity contribution in [1.82, 2.24) is 14.8 Å². The Bertz CT molecular complexity index is 663. The van der Waals surface area contributed by atoms with Gasteiger partial charge in [0.25, 0.3) is 0 Å². The normalized spacial score (nSPS) is 11.2. The standard InChI is InChI=1S/C10H5Cl3F3N3O/c1-19-9(20-10(15)16)5(13)7(18-19)8-6(14)4(12)3(11)2-17-8/h2,10H,1H3. The Hall–Kier alpha value is -1.18. The molecule has 108 valence electrons. The minimum atomic E-state index is -3.10. The van der Waals surface area contributed by atoms with Crippen LogP contribution in [0.1, 0.15) is 0 Å². The Morgan fingerprint density at radius 2 is 1.85 bits per heavy atom. The molecule has 2 aromatic rings. The van der Waals surface area contributed by atoms with Crippen LogP contribution in [0, 0.1) is 5.82 Å². The van der Waals surface area contributed by atoms with Gasteiger partial charge in [0.2, 0.25) is 5.88 Å². The van der Waals surface area contributed by atoms with Gasteiger partial charge in [0.15, 0.2) is 5.82 Å². The van der Waals surface area contributed by atoms with Crippen LogP contribution in [0.25, 0.3) is 11.4 Å². The highest BCUT2D eigenvalue weighted by Gasteiger charge is 2.24. The van der Waals surface area contributed by atoms with E-state index in [9.17, 15) is 13.2 Å². The molecule has 0 atom stereocenters. The Kier molecular flexibility index (Phi) is 4.31. The Balaban J connectivity index is 2.57. The zero-order valence-electron chi connectivity index (χ0n) is 9.67. The zero-order chi connectivity index (χ0) is 15.0. The molecule has 2 rings (SSSR count). The second-order valence-corrected chi connectivity index (χ2v) is 4.72. The van der Waals surface area contributed by atoms with Crippen LogP contribution in [-0.2, 0) is 7.05 Å². The van der Waals surface area contributed by atoms with Crippen molar-refractivity contribution in [1.29, 1.82) is 0 Å². The average Bonchev–Trinajstić information content (AvgIpc) is 2.64. The summed E-state index contributed by atoms with van der Waals surface area (Å²) in [5.41, 5.74) is -0.495. The fraction of sp³-hybridized carbons (Fsp3) is 0.200. The van der Waals surface area contributed by atoms with E-state index in [1.807, 2.05) is 0 Å².